The molecule has 0 aromatic carbocycles. The number of piperidine rings is 1. The first-order chi connectivity index (χ1) is 7.70. The Kier molecular flexibility index (Phi) is 3.82. The summed E-state index contributed by atoms with van der Waals surface area (Å²) in [5.41, 5.74) is 5.67. The average Bonchev–Trinajstić information content (AvgIpc) is 2.75. The number of amides is 1. The van der Waals surface area contributed by atoms with E-state index in [0.29, 0.717) is 12.5 Å². The van der Waals surface area contributed by atoms with Crippen molar-refractivity contribution in [2.24, 2.45) is 11.7 Å². The first kappa shape index (κ1) is 11.9. The maximum absolute atomic E-state index is 12.2. The minimum atomic E-state index is -0.188. The summed E-state index contributed by atoms with van der Waals surface area (Å²) in [4.78, 5) is 14.1. The molecule has 4 heteroatoms. The van der Waals surface area contributed by atoms with Gasteiger partial charge in [0.05, 0.1) is 6.10 Å². The molecular weight excluding hydrogens is 204 g/mol. The third kappa shape index (κ3) is 2.55. The molecule has 2 saturated heterocycles. The van der Waals surface area contributed by atoms with Gasteiger partial charge >= 0.3 is 0 Å². The molecule has 0 spiro atoms. The Labute approximate surface area is 97.1 Å². The number of ether oxygens (including phenoxy) is 1. The Morgan fingerprint density at radius 1 is 1.44 bits per heavy atom. The SMILES string of the molecule is CC1CCC(C(=O)N2CCCC(CN)C2)O1. The van der Waals surface area contributed by atoms with Gasteiger partial charge in [-0.05, 0) is 45.1 Å². The molecule has 2 N–H and O–H groups in total. The molecule has 2 fully saturated rings. The van der Waals surface area contributed by atoms with Crippen LogP contribution in [-0.2, 0) is 9.53 Å². The van der Waals surface area contributed by atoms with Crippen molar-refractivity contribution in [3.8, 4) is 0 Å². The molecule has 3 atom stereocenters. The molecule has 0 saturated carbocycles. The van der Waals surface area contributed by atoms with Gasteiger partial charge in [-0.1, -0.05) is 0 Å². The van der Waals surface area contributed by atoms with E-state index in [2.05, 4.69) is 0 Å². The second kappa shape index (κ2) is 5.15. The zero-order chi connectivity index (χ0) is 11.5. The monoisotopic (exact) mass is 226 g/mol. The number of nitrogens with zero attached hydrogens (tertiary/aromatic N) is 1. The van der Waals surface area contributed by atoms with Crippen LogP contribution in [0.25, 0.3) is 0 Å². The van der Waals surface area contributed by atoms with Gasteiger partial charge in [0.1, 0.15) is 6.10 Å². The highest BCUT2D eigenvalue weighted by Gasteiger charge is 2.33. The van der Waals surface area contributed by atoms with Gasteiger partial charge in [-0.15, -0.1) is 0 Å². The van der Waals surface area contributed by atoms with E-state index in [1.165, 1.54) is 0 Å². The van der Waals surface area contributed by atoms with Crippen molar-refractivity contribution in [2.75, 3.05) is 19.6 Å². The van der Waals surface area contributed by atoms with Gasteiger partial charge < -0.3 is 15.4 Å². The molecule has 2 aliphatic rings. The van der Waals surface area contributed by atoms with Gasteiger partial charge in [0.15, 0.2) is 0 Å². The predicted molar refractivity (Wildman–Crippen MR) is 61.9 cm³/mol. The van der Waals surface area contributed by atoms with Crippen molar-refractivity contribution in [2.45, 2.75) is 44.8 Å². The second-order valence-corrected chi connectivity index (χ2v) is 5.04. The summed E-state index contributed by atoms with van der Waals surface area (Å²) in [5, 5.41) is 0. The molecule has 2 rings (SSSR count). The van der Waals surface area contributed by atoms with E-state index in [0.717, 1.165) is 38.8 Å². The molecule has 0 bridgehead atoms. The van der Waals surface area contributed by atoms with E-state index in [9.17, 15) is 4.79 Å². The number of rotatable bonds is 2. The van der Waals surface area contributed by atoms with Crippen LogP contribution < -0.4 is 5.73 Å². The minimum absolute atomic E-state index is 0.183. The van der Waals surface area contributed by atoms with E-state index >= 15 is 0 Å². The fraction of sp³-hybridized carbons (Fsp3) is 0.917. The molecule has 0 aliphatic carbocycles. The van der Waals surface area contributed by atoms with Crippen LogP contribution in [0.15, 0.2) is 0 Å². The first-order valence-corrected chi connectivity index (χ1v) is 6.35. The third-order valence-corrected chi connectivity index (χ3v) is 3.67. The summed E-state index contributed by atoms with van der Waals surface area (Å²) >= 11 is 0. The summed E-state index contributed by atoms with van der Waals surface area (Å²) in [5.74, 6) is 0.666. The van der Waals surface area contributed by atoms with Crippen LogP contribution in [0.1, 0.15) is 32.6 Å². The van der Waals surface area contributed by atoms with Gasteiger partial charge in [-0.25, -0.2) is 0 Å². The van der Waals surface area contributed by atoms with Crippen molar-refractivity contribution in [1.29, 1.82) is 0 Å². The van der Waals surface area contributed by atoms with E-state index in [1.54, 1.807) is 0 Å². The van der Waals surface area contributed by atoms with Gasteiger partial charge in [-0.3, -0.25) is 4.79 Å². The third-order valence-electron chi connectivity index (χ3n) is 3.67. The van der Waals surface area contributed by atoms with Crippen LogP contribution in [0.5, 0.6) is 0 Å². The van der Waals surface area contributed by atoms with Crippen LogP contribution >= 0.6 is 0 Å². The highest BCUT2D eigenvalue weighted by molar-refractivity contribution is 5.81. The lowest BCUT2D eigenvalue weighted by molar-refractivity contribution is -0.144. The predicted octanol–water partition coefficient (Wildman–Crippen LogP) is 0.751. The number of carbonyl (C=O) groups excluding carboxylic acids is 1. The fourth-order valence-corrected chi connectivity index (χ4v) is 2.65. The van der Waals surface area contributed by atoms with E-state index in [-0.39, 0.29) is 18.1 Å². The first-order valence-electron chi connectivity index (χ1n) is 6.35. The Bertz CT molecular complexity index is 257. The topological polar surface area (TPSA) is 55.6 Å². The van der Waals surface area contributed by atoms with Crippen LogP contribution in [-0.4, -0.2) is 42.6 Å². The lowest BCUT2D eigenvalue weighted by Gasteiger charge is -2.33. The smallest absolute Gasteiger partial charge is 0.251 e. The summed E-state index contributed by atoms with van der Waals surface area (Å²) < 4.78 is 5.62. The molecular formula is C12H22N2O2. The average molecular weight is 226 g/mol. The lowest BCUT2D eigenvalue weighted by atomic mass is 9.97. The number of carbonyl (C=O) groups is 1. The van der Waals surface area contributed by atoms with Crippen molar-refractivity contribution >= 4 is 5.91 Å². The largest absolute Gasteiger partial charge is 0.365 e. The van der Waals surface area contributed by atoms with Gasteiger partial charge in [0, 0.05) is 13.1 Å². The standard InChI is InChI=1S/C12H22N2O2/c1-9-4-5-11(16-9)12(15)14-6-2-3-10(7-13)8-14/h9-11H,2-8,13H2,1H3. The van der Waals surface area contributed by atoms with E-state index in [4.69, 9.17) is 10.5 Å². The lowest BCUT2D eigenvalue weighted by Crippen LogP contribution is -2.46. The van der Waals surface area contributed by atoms with Gasteiger partial charge in [0.25, 0.3) is 5.91 Å². The number of hydrogen-bond acceptors (Lipinski definition) is 3. The van der Waals surface area contributed by atoms with Crippen molar-refractivity contribution in [3.63, 3.8) is 0 Å². The van der Waals surface area contributed by atoms with Crippen LogP contribution in [0.4, 0.5) is 0 Å². The molecule has 4 nitrogen and oxygen atoms in total. The van der Waals surface area contributed by atoms with Gasteiger partial charge in [-0.2, -0.15) is 0 Å². The number of nitrogens with two attached hydrogens (primary N) is 1. The van der Waals surface area contributed by atoms with Crippen LogP contribution in [0.3, 0.4) is 0 Å². The fourth-order valence-electron chi connectivity index (χ4n) is 2.65. The summed E-state index contributed by atoms with van der Waals surface area (Å²) in [6.45, 7) is 4.42. The molecule has 1 amide bonds. The number of likely N-dealkylation sites (tertiary alicyclic amines) is 1. The maximum Gasteiger partial charge on any atom is 0.251 e. The molecule has 2 heterocycles. The maximum atomic E-state index is 12.2. The van der Waals surface area contributed by atoms with E-state index in [1.807, 2.05) is 11.8 Å². The highest BCUT2D eigenvalue weighted by Crippen LogP contribution is 2.23. The van der Waals surface area contributed by atoms with Crippen LogP contribution in [0.2, 0.25) is 0 Å². The molecule has 0 aromatic heterocycles. The Morgan fingerprint density at radius 3 is 2.88 bits per heavy atom. The summed E-state index contributed by atoms with van der Waals surface area (Å²) in [7, 11) is 0. The second-order valence-electron chi connectivity index (χ2n) is 5.04. The van der Waals surface area contributed by atoms with Crippen molar-refractivity contribution in [3.05, 3.63) is 0 Å². The molecule has 92 valence electrons. The van der Waals surface area contributed by atoms with Crippen molar-refractivity contribution in [1.82, 2.24) is 4.90 Å². The van der Waals surface area contributed by atoms with Crippen molar-refractivity contribution < 1.29 is 9.53 Å². The zero-order valence-electron chi connectivity index (χ0n) is 10.0. The summed E-state index contributed by atoms with van der Waals surface area (Å²) in [6.07, 6.45) is 4.17. The number of hydrogen-bond donors (Lipinski definition) is 1. The molecule has 3 unspecified atom stereocenters. The Balaban J connectivity index is 1.89. The Hall–Kier alpha value is -0.610. The van der Waals surface area contributed by atoms with Crippen LogP contribution in [0, 0.1) is 5.92 Å². The molecule has 0 aromatic rings. The highest BCUT2D eigenvalue weighted by atomic mass is 16.5. The van der Waals surface area contributed by atoms with Gasteiger partial charge in [0.2, 0.25) is 0 Å². The zero-order valence-corrected chi connectivity index (χ0v) is 10.0. The quantitative estimate of drug-likeness (QED) is 0.756. The normalized spacial score (nSPS) is 35.4. The van der Waals surface area contributed by atoms with E-state index < -0.39 is 0 Å². The molecule has 2 aliphatic heterocycles. The minimum Gasteiger partial charge on any atom is -0.365 e. The molecule has 0 radical (unpaired) electrons. The molecule has 16 heavy (non-hydrogen) atoms. The summed E-state index contributed by atoms with van der Waals surface area (Å²) in [6, 6.07) is 0. The Morgan fingerprint density at radius 2 is 2.25 bits per heavy atom.